The normalized spacial score (nSPS) is 24.0. The molecule has 1 saturated carbocycles. The highest BCUT2D eigenvalue weighted by atomic mass is 16.5. The molecule has 0 amide bonds. The van der Waals surface area contributed by atoms with E-state index in [0.717, 1.165) is 49.0 Å². The molecule has 1 aliphatic carbocycles. The summed E-state index contributed by atoms with van der Waals surface area (Å²) < 4.78 is 7.21. The first-order valence-electron chi connectivity index (χ1n) is 8.87. The maximum absolute atomic E-state index is 5.34. The first kappa shape index (κ1) is 16.9. The van der Waals surface area contributed by atoms with E-state index in [-0.39, 0.29) is 5.54 Å². The van der Waals surface area contributed by atoms with Gasteiger partial charge in [0, 0.05) is 6.07 Å². The molecule has 0 aliphatic heterocycles. The Kier molecular flexibility index (Phi) is 5.14. The Balaban J connectivity index is 1.98. The van der Waals surface area contributed by atoms with Crippen molar-refractivity contribution in [1.29, 1.82) is 0 Å². The monoisotopic (exact) mass is 329 g/mol. The molecule has 130 valence electrons. The van der Waals surface area contributed by atoms with Gasteiger partial charge in [0.25, 0.3) is 0 Å². The number of aromatic nitrogens is 4. The van der Waals surface area contributed by atoms with Crippen molar-refractivity contribution in [3.05, 3.63) is 30.1 Å². The van der Waals surface area contributed by atoms with E-state index >= 15 is 0 Å². The zero-order chi connectivity index (χ0) is 17.0. The van der Waals surface area contributed by atoms with Crippen molar-refractivity contribution in [2.24, 2.45) is 5.92 Å². The van der Waals surface area contributed by atoms with Gasteiger partial charge in [0.05, 0.1) is 18.3 Å². The Morgan fingerprint density at radius 1 is 1.33 bits per heavy atom. The van der Waals surface area contributed by atoms with Crippen LogP contribution in [0.15, 0.2) is 24.3 Å². The molecule has 0 atom stereocenters. The van der Waals surface area contributed by atoms with Crippen molar-refractivity contribution in [1.82, 2.24) is 25.5 Å². The highest BCUT2D eigenvalue weighted by Gasteiger charge is 2.40. The minimum atomic E-state index is -0.144. The maximum Gasteiger partial charge on any atom is 0.176 e. The lowest BCUT2D eigenvalue weighted by Crippen LogP contribution is -2.47. The largest absolute Gasteiger partial charge is 0.497 e. The molecule has 1 aromatic heterocycles. The van der Waals surface area contributed by atoms with Crippen LogP contribution >= 0.6 is 0 Å². The van der Waals surface area contributed by atoms with Gasteiger partial charge in [-0.3, -0.25) is 0 Å². The van der Waals surface area contributed by atoms with E-state index in [4.69, 9.17) is 4.74 Å². The van der Waals surface area contributed by atoms with Crippen LogP contribution in [0.1, 0.15) is 51.8 Å². The fourth-order valence-electron chi connectivity index (χ4n) is 3.50. The van der Waals surface area contributed by atoms with E-state index in [1.165, 1.54) is 12.8 Å². The Hall–Kier alpha value is -1.95. The lowest BCUT2D eigenvalue weighted by molar-refractivity contribution is 0.183. The lowest BCUT2D eigenvalue weighted by atomic mass is 9.76. The van der Waals surface area contributed by atoms with E-state index in [1.54, 1.807) is 7.11 Å². The first-order chi connectivity index (χ1) is 11.7. The molecule has 6 nitrogen and oxygen atoms in total. The van der Waals surface area contributed by atoms with Gasteiger partial charge in [0.15, 0.2) is 5.82 Å². The summed E-state index contributed by atoms with van der Waals surface area (Å²) in [4.78, 5) is 0. The van der Waals surface area contributed by atoms with Gasteiger partial charge in [0.1, 0.15) is 5.75 Å². The van der Waals surface area contributed by atoms with E-state index in [2.05, 4.69) is 34.7 Å². The van der Waals surface area contributed by atoms with E-state index in [9.17, 15) is 0 Å². The van der Waals surface area contributed by atoms with E-state index in [0.29, 0.717) is 0 Å². The molecule has 24 heavy (non-hydrogen) atoms. The summed E-state index contributed by atoms with van der Waals surface area (Å²) in [6.07, 6.45) is 5.62. The van der Waals surface area contributed by atoms with Gasteiger partial charge < -0.3 is 10.1 Å². The summed E-state index contributed by atoms with van der Waals surface area (Å²) in [6.45, 7) is 5.49. The summed E-state index contributed by atoms with van der Waals surface area (Å²) in [7, 11) is 1.67. The highest BCUT2D eigenvalue weighted by molar-refractivity contribution is 5.39. The fraction of sp³-hybridized carbons (Fsp3) is 0.611. The zero-order valence-corrected chi connectivity index (χ0v) is 14.8. The minimum Gasteiger partial charge on any atom is -0.497 e. The lowest BCUT2D eigenvalue weighted by Gasteiger charge is -2.39. The van der Waals surface area contributed by atoms with Crippen LogP contribution in [0.25, 0.3) is 5.69 Å². The van der Waals surface area contributed by atoms with Crippen molar-refractivity contribution in [3.8, 4) is 11.4 Å². The van der Waals surface area contributed by atoms with Crippen molar-refractivity contribution < 1.29 is 4.74 Å². The van der Waals surface area contributed by atoms with Gasteiger partial charge in [-0.25, -0.2) is 0 Å². The number of rotatable bonds is 6. The predicted molar refractivity (Wildman–Crippen MR) is 93.3 cm³/mol. The van der Waals surface area contributed by atoms with Crippen molar-refractivity contribution in [2.75, 3.05) is 13.7 Å². The van der Waals surface area contributed by atoms with Gasteiger partial charge in [-0.2, -0.15) is 4.68 Å². The summed E-state index contributed by atoms with van der Waals surface area (Å²) in [5.41, 5.74) is 0.792. The molecular weight excluding hydrogens is 302 g/mol. The Bertz CT molecular complexity index is 655. The highest BCUT2D eigenvalue weighted by Crippen LogP contribution is 2.39. The molecule has 0 bridgehead atoms. The van der Waals surface area contributed by atoms with Crippen molar-refractivity contribution >= 4 is 0 Å². The topological polar surface area (TPSA) is 64.9 Å². The van der Waals surface area contributed by atoms with Gasteiger partial charge >= 0.3 is 0 Å². The second-order valence-electron chi connectivity index (χ2n) is 6.81. The molecule has 0 saturated heterocycles. The maximum atomic E-state index is 5.34. The van der Waals surface area contributed by atoms with Gasteiger partial charge in [-0.05, 0) is 67.1 Å². The third-order valence-electron chi connectivity index (χ3n) is 5.04. The predicted octanol–water partition coefficient (Wildman–Crippen LogP) is 3.08. The molecule has 1 aliphatic rings. The Morgan fingerprint density at radius 2 is 2.12 bits per heavy atom. The number of hydrogen-bond acceptors (Lipinski definition) is 5. The van der Waals surface area contributed by atoms with Crippen molar-refractivity contribution in [2.45, 2.75) is 51.5 Å². The van der Waals surface area contributed by atoms with Gasteiger partial charge in [0.2, 0.25) is 0 Å². The number of nitrogens with one attached hydrogen (secondary N) is 1. The molecule has 1 N–H and O–H groups in total. The van der Waals surface area contributed by atoms with E-state index < -0.39 is 0 Å². The molecular formula is C18H27N5O. The van der Waals surface area contributed by atoms with Crippen LogP contribution in [0.3, 0.4) is 0 Å². The van der Waals surface area contributed by atoms with Crippen LogP contribution in [-0.4, -0.2) is 33.9 Å². The van der Waals surface area contributed by atoms with Crippen LogP contribution < -0.4 is 10.1 Å². The third kappa shape index (κ3) is 3.29. The number of ether oxygens (including phenoxy) is 1. The smallest absolute Gasteiger partial charge is 0.176 e. The SMILES string of the molecule is CCCNC1(c2nnnn2-c2cccc(OC)c2)CCC(C)CC1. The van der Waals surface area contributed by atoms with E-state index in [1.807, 2.05) is 28.9 Å². The van der Waals surface area contributed by atoms with Crippen LogP contribution in [0.2, 0.25) is 0 Å². The summed E-state index contributed by atoms with van der Waals surface area (Å²) in [5.74, 6) is 2.49. The van der Waals surface area contributed by atoms with Crippen LogP contribution in [0.4, 0.5) is 0 Å². The summed E-state index contributed by atoms with van der Waals surface area (Å²) in [6, 6.07) is 7.88. The molecule has 1 fully saturated rings. The van der Waals surface area contributed by atoms with Gasteiger partial charge in [-0.1, -0.05) is 19.9 Å². The summed E-state index contributed by atoms with van der Waals surface area (Å²) >= 11 is 0. The quantitative estimate of drug-likeness (QED) is 0.882. The fourth-order valence-corrected chi connectivity index (χ4v) is 3.50. The Morgan fingerprint density at radius 3 is 2.83 bits per heavy atom. The number of methoxy groups -OCH3 is 1. The van der Waals surface area contributed by atoms with Crippen LogP contribution in [0.5, 0.6) is 5.75 Å². The zero-order valence-electron chi connectivity index (χ0n) is 14.8. The standard InChI is InChI=1S/C18H27N5O/c1-4-12-19-18(10-8-14(2)9-11-18)17-20-21-22-23(17)15-6-5-7-16(13-15)24-3/h5-7,13-14,19H,4,8-12H2,1-3H3. The van der Waals surface area contributed by atoms with Crippen LogP contribution in [-0.2, 0) is 5.54 Å². The Labute approximate surface area is 143 Å². The van der Waals surface area contributed by atoms with Gasteiger partial charge in [-0.15, -0.1) is 5.10 Å². The molecule has 0 unspecified atom stereocenters. The average molecular weight is 329 g/mol. The number of hydrogen-bond donors (Lipinski definition) is 1. The molecule has 6 heteroatoms. The van der Waals surface area contributed by atoms with Crippen molar-refractivity contribution in [3.63, 3.8) is 0 Å². The second kappa shape index (κ2) is 7.30. The average Bonchev–Trinajstić information content (AvgIpc) is 3.12. The summed E-state index contributed by atoms with van der Waals surface area (Å²) in [5, 5.41) is 16.4. The molecule has 0 radical (unpaired) electrons. The molecule has 2 aromatic rings. The minimum absolute atomic E-state index is 0.144. The number of nitrogens with zero attached hydrogens (tertiary/aromatic N) is 4. The molecule has 3 rings (SSSR count). The molecule has 0 spiro atoms. The molecule has 1 aromatic carbocycles. The number of benzene rings is 1. The third-order valence-corrected chi connectivity index (χ3v) is 5.04. The molecule has 1 heterocycles. The number of tetrazole rings is 1. The van der Waals surface area contributed by atoms with Crippen LogP contribution in [0, 0.1) is 5.92 Å². The second-order valence-corrected chi connectivity index (χ2v) is 6.81. The first-order valence-corrected chi connectivity index (χ1v) is 8.87.